The van der Waals surface area contributed by atoms with Gasteiger partial charge in [0.15, 0.2) is 5.11 Å². The first-order valence-electron chi connectivity index (χ1n) is 11.6. The van der Waals surface area contributed by atoms with Crippen LogP contribution in [0.1, 0.15) is 11.1 Å². The fourth-order valence-electron chi connectivity index (χ4n) is 4.58. The maximum absolute atomic E-state index is 15.3. The number of anilines is 3. The Labute approximate surface area is 213 Å². The van der Waals surface area contributed by atoms with Gasteiger partial charge >= 0.3 is 6.18 Å². The summed E-state index contributed by atoms with van der Waals surface area (Å²) in [7, 11) is 2.05. The molecule has 3 N–H and O–H groups in total. The van der Waals surface area contributed by atoms with E-state index in [1.807, 2.05) is 11.0 Å². The van der Waals surface area contributed by atoms with Crippen LogP contribution in [0.3, 0.4) is 0 Å². The third-order valence-corrected chi connectivity index (χ3v) is 6.58. The minimum atomic E-state index is -4.43. The zero-order chi connectivity index (χ0) is 25.9. The maximum Gasteiger partial charge on any atom is 0.418 e. The molecule has 36 heavy (non-hydrogen) atoms. The average Bonchev–Trinajstić information content (AvgIpc) is 2.84. The van der Waals surface area contributed by atoms with Crippen LogP contribution in [-0.2, 0) is 6.18 Å². The number of alkyl halides is 3. The number of para-hydroxylation sites is 1. The van der Waals surface area contributed by atoms with Crippen molar-refractivity contribution >= 4 is 40.6 Å². The molecular formula is C24H29F4N7S. The zero-order valence-corrected chi connectivity index (χ0v) is 20.7. The molecule has 4 rings (SSSR count). The van der Waals surface area contributed by atoms with Crippen LogP contribution in [0.4, 0.5) is 34.6 Å². The van der Waals surface area contributed by atoms with Crippen LogP contribution in [0.2, 0.25) is 0 Å². The molecule has 2 saturated heterocycles. The number of likely N-dealkylation sites (N-methyl/N-ethyl adjacent to an activating group) is 1. The lowest BCUT2D eigenvalue weighted by Crippen LogP contribution is -2.47. The molecule has 0 amide bonds. The molecule has 0 atom stereocenters. The van der Waals surface area contributed by atoms with Crippen molar-refractivity contribution in [1.82, 2.24) is 10.3 Å². The van der Waals surface area contributed by atoms with E-state index in [9.17, 15) is 13.2 Å². The lowest BCUT2D eigenvalue weighted by atomic mass is 10.1. The third kappa shape index (κ3) is 5.98. The molecular weight excluding hydrogens is 494 g/mol. The minimum absolute atomic E-state index is 0.00876. The van der Waals surface area contributed by atoms with Crippen molar-refractivity contribution in [2.75, 3.05) is 74.1 Å². The van der Waals surface area contributed by atoms with Gasteiger partial charge in [-0.1, -0.05) is 12.1 Å². The van der Waals surface area contributed by atoms with E-state index in [0.717, 1.165) is 37.9 Å². The summed E-state index contributed by atoms with van der Waals surface area (Å²) in [6, 6.07) is 8.81. The maximum atomic E-state index is 15.3. The van der Waals surface area contributed by atoms with Gasteiger partial charge in [0.2, 0.25) is 0 Å². The van der Waals surface area contributed by atoms with E-state index in [1.54, 1.807) is 11.0 Å². The Balaban J connectivity index is 1.57. The van der Waals surface area contributed by atoms with Crippen molar-refractivity contribution in [3.63, 3.8) is 0 Å². The largest absolute Gasteiger partial charge is 0.418 e. The average molecular weight is 524 g/mol. The summed E-state index contributed by atoms with van der Waals surface area (Å²) in [5, 5.41) is 4.02. The molecule has 2 aromatic rings. The molecule has 194 valence electrons. The molecule has 2 fully saturated rings. The van der Waals surface area contributed by atoms with Crippen LogP contribution < -0.4 is 25.9 Å². The highest BCUT2D eigenvalue weighted by Crippen LogP contribution is 2.37. The van der Waals surface area contributed by atoms with Crippen molar-refractivity contribution in [2.24, 2.45) is 10.8 Å². The second-order valence-corrected chi connectivity index (χ2v) is 9.32. The summed E-state index contributed by atoms with van der Waals surface area (Å²) in [4.78, 5) is 8.00. The van der Waals surface area contributed by atoms with Crippen LogP contribution in [0.15, 0.2) is 41.5 Å². The van der Waals surface area contributed by atoms with E-state index in [0.29, 0.717) is 37.4 Å². The molecule has 12 heteroatoms. The van der Waals surface area contributed by atoms with E-state index in [1.165, 1.54) is 24.4 Å². The topological polar surface area (TPSA) is 63.4 Å². The monoisotopic (exact) mass is 523 g/mol. The molecule has 2 aromatic carbocycles. The number of piperazine rings is 2. The Morgan fingerprint density at radius 3 is 2.08 bits per heavy atom. The van der Waals surface area contributed by atoms with Gasteiger partial charge in [-0.2, -0.15) is 18.3 Å². The van der Waals surface area contributed by atoms with Crippen LogP contribution in [0, 0.1) is 5.82 Å². The quantitative estimate of drug-likeness (QED) is 0.270. The first-order valence-corrected chi connectivity index (χ1v) is 12.1. The highest BCUT2D eigenvalue weighted by atomic mass is 32.1. The number of thiocarbonyl (C=S) groups is 1. The molecule has 0 unspecified atom stereocenters. The van der Waals surface area contributed by atoms with Crippen LogP contribution in [0.5, 0.6) is 0 Å². The van der Waals surface area contributed by atoms with Crippen LogP contribution in [-0.4, -0.2) is 75.6 Å². The van der Waals surface area contributed by atoms with Gasteiger partial charge < -0.3 is 25.3 Å². The number of benzene rings is 2. The van der Waals surface area contributed by atoms with Crippen LogP contribution in [0.25, 0.3) is 0 Å². The molecule has 7 nitrogen and oxygen atoms in total. The van der Waals surface area contributed by atoms with Gasteiger partial charge in [0.05, 0.1) is 17.5 Å². The molecule has 2 heterocycles. The number of halogens is 4. The Hall–Kier alpha value is -3.12. The van der Waals surface area contributed by atoms with Gasteiger partial charge in [0.25, 0.3) is 0 Å². The summed E-state index contributed by atoms with van der Waals surface area (Å²) in [6.07, 6.45) is -2.94. The molecule has 2 aliphatic rings. The molecule has 0 spiro atoms. The summed E-state index contributed by atoms with van der Waals surface area (Å²) < 4.78 is 55.8. The summed E-state index contributed by atoms with van der Waals surface area (Å²) in [5.74, 6) is -0.422. The highest BCUT2D eigenvalue weighted by Gasteiger charge is 2.35. The Bertz CT molecular complexity index is 1110. The number of nitrogens with zero attached hydrogens (tertiary/aromatic N) is 5. The lowest BCUT2D eigenvalue weighted by Gasteiger charge is -2.39. The standard InChI is InChI=1S/C24H29F4N7S/c1-32-6-8-34(9-7-32)21-15-22(19(25)14-17(21)16-30-31-23(29)36)35-12-10-33(11-13-35)20-5-3-2-4-18(20)24(26,27)28/h2-5,14-16H,6-13H2,1H3,(H3,29,31,36)/b30-16+. The van der Waals surface area contributed by atoms with Crippen molar-refractivity contribution < 1.29 is 17.6 Å². The first-order chi connectivity index (χ1) is 17.1. The summed E-state index contributed by atoms with van der Waals surface area (Å²) in [5.41, 5.74) is 9.27. The number of hydrazone groups is 1. The van der Waals surface area contributed by atoms with E-state index < -0.39 is 17.6 Å². The number of rotatable bonds is 5. The Morgan fingerprint density at radius 2 is 1.47 bits per heavy atom. The number of hydrogen-bond donors (Lipinski definition) is 2. The molecule has 0 aliphatic carbocycles. The van der Waals surface area contributed by atoms with Gasteiger partial charge in [-0.25, -0.2) is 4.39 Å². The normalized spacial score (nSPS) is 17.6. The van der Waals surface area contributed by atoms with Gasteiger partial charge in [-0.05, 0) is 43.5 Å². The zero-order valence-electron chi connectivity index (χ0n) is 19.9. The number of nitrogens with two attached hydrogens (primary N) is 1. The lowest BCUT2D eigenvalue weighted by molar-refractivity contribution is -0.137. The SMILES string of the molecule is CN1CCN(c2cc(N3CCN(c4ccccc4C(F)(F)F)CC3)c(F)cc2/C=N/NC(N)=S)CC1. The predicted octanol–water partition coefficient (Wildman–Crippen LogP) is 3.09. The van der Waals surface area contributed by atoms with Gasteiger partial charge in [0.1, 0.15) is 5.82 Å². The van der Waals surface area contributed by atoms with E-state index in [4.69, 9.17) is 18.0 Å². The second kappa shape index (κ2) is 10.9. The van der Waals surface area contributed by atoms with Gasteiger partial charge in [0, 0.05) is 69.3 Å². The van der Waals surface area contributed by atoms with Crippen molar-refractivity contribution in [1.29, 1.82) is 0 Å². The fraction of sp³-hybridized carbons (Fsp3) is 0.417. The highest BCUT2D eigenvalue weighted by molar-refractivity contribution is 7.80. The molecule has 0 radical (unpaired) electrons. The fourth-order valence-corrected chi connectivity index (χ4v) is 4.63. The van der Waals surface area contributed by atoms with Crippen LogP contribution >= 0.6 is 12.2 Å². The predicted molar refractivity (Wildman–Crippen MR) is 139 cm³/mol. The minimum Gasteiger partial charge on any atom is -0.375 e. The van der Waals surface area contributed by atoms with Crippen molar-refractivity contribution in [3.05, 3.63) is 53.3 Å². The van der Waals surface area contributed by atoms with E-state index in [2.05, 4.69) is 27.4 Å². The van der Waals surface area contributed by atoms with E-state index in [-0.39, 0.29) is 10.8 Å². The smallest absolute Gasteiger partial charge is 0.375 e. The third-order valence-electron chi connectivity index (χ3n) is 6.49. The Morgan fingerprint density at radius 1 is 0.917 bits per heavy atom. The first kappa shape index (κ1) is 26.0. The Kier molecular flexibility index (Phi) is 7.84. The van der Waals surface area contributed by atoms with Crippen molar-refractivity contribution in [2.45, 2.75) is 6.18 Å². The molecule has 2 aliphatic heterocycles. The van der Waals surface area contributed by atoms with Crippen molar-refractivity contribution in [3.8, 4) is 0 Å². The number of hydrogen-bond acceptors (Lipinski definition) is 6. The summed E-state index contributed by atoms with van der Waals surface area (Å²) in [6.45, 7) is 4.75. The summed E-state index contributed by atoms with van der Waals surface area (Å²) >= 11 is 4.78. The van der Waals surface area contributed by atoms with Gasteiger partial charge in [-0.3, -0.25) is 5.43 Å². The van der Waals surface area contributed by atoms with E-state index >= 15 is 4.39 Å². The second-order valence-electron chi connectivity index (χ2n) is 8.88. The molecule has 0 aromatic heterocycles. The number of nitrogens with one attached hydrogen (secondary N) is 1. The molecule has 0 saturated carbocycles. The van der Waals surface area contributed by atoms with Gasteiger partial charge in [-0.15, -0.1) is 0 Å². The molecule has 0 bridgehead atoms.